The first-order valence-corrected chi connectivity index (χ1v) is 31.7. The van der Waals surface area contributed by atoms with Gasteiger partial charge in [-0.3, -0.25) is 4.79 Å². The van der Waals surface area contributed by atoms with Crippen molar-refractivity contribution in [3.05, 3.63) is 72.9 Å². The molecule has 1 heterocycles. The molecule has 0 spiro atoms. The van der Waals surface area contributed by atoms with Crippen LogP contribution in [0.1, 0.15) is 284 Å². The Morgan fingerprint density at radius 3 is 1.21 bits per heavy atom. The van der Waals surface area contributed by atoms with Gasteiger partial charge in [0.05, 0.1) is 25.4 Å². The van der Waals surface area contributed by atoms with Crippen molar-refractivity contribution in [1.29, 1.82) is 0 Å². The van der Waals surface area contributed by atoms with E-state index in [1.165, 1.54) is 205 Å². The zero-order valence-electron chi connectivity index (χ0n) is 48.5. The number of nitrogens with one attached hydrogen (secondary N) is 1. The van der Waals surface area contributed by atoms with Gasteiger partial charge in [0.1, 0.15) is 24.4 Å². The van der Waals surface area contributed by atoms with Gasteiger partial charge < -0.3 is 40.3 Å². The number of aliphatic hydroxyl groups excluding tert-OH is 5. The Bertz CT molecular complexity index is 1410. The summed E-state index contributed by atoms with van der Waals surface area (Å²) in [5.74, 6) is -0.191. The third kappa shape index (κ3) is 44.2. The molecule has 7 atom stereocenters. The molecule has 1 fully saturated rings. The smallest absolute Gasteiger partial charge is 0.220 e. The maximum absolute atomic E-state index is 13.1. The first-order valence-electron chi connectivity index (χ1n) is 31.7. The molecule has 0 aliphatic carbocycles. The van der Waals surface area contributed by atoms with Gasteiger partial charge in [0.2, 0.25) is 5.91 Å². The van der Waals surface area contributed by atoms with Crippen LogP contribution >= 0.6 is 0 Å². The third-order valence-corrected chi connectivity index (χ3v) is 14.7. The number of carbonyl (C=O) groups excluding carboxylic acids is 1. The summed E-state index contributed by atoms with van der Waals surface area (Å²) in [4.78, 5) is 13.1. The molecule has 436 valence electrons. The lowest BCUT2D eigenvalue weighted by atomic mass is 9.99. The van der Waals surface area contributed by atoms with Crippen LogP contribution < -0.4 is 5.32 Å². The lowest BCUT2D eigenvalue weighted by molar-refractivity contribution is -0.302. The first kappa shape index (κ1) is 70.6. The molecule has 0 aromatic heterocycles. The maximum Gasteiger partial charge on any atom is 0.220 e. The van der Waals surface area contributed by atoms with Crippen molar-refractivity contribution < 1.29 is 39.8 Å². The molecule has 0 aromatic carbocycles. The second-order valence-electron chi connectivity index (χ2n) is 21.8. The zero-order valence-corrected chi connectivity index (χ0v) is 48.5. The zero-order chi connectivity index (χ0) is 54.3. The van der Waals surface area contributed by atoms with Gasteiger partial charge in [0, 0.05) is 6.42 Å². The second kappa shape index (κ2) is 55.0. The summed E-state index contributed by atoms with van der Waals surface area (Å²) in [7, 11) is 0. The van der Waals surface area contributed by atoms with Gasteiger partial charge in [-0.05, 0) is 83.5 Å². The Balaban J connectivity index is 2.21. The summed E-state index contributed by atoms with van der Waals surface area (Å²) in [6.45, 7) is 3.77. The third-order valence-electron chi connectivity index (χ3n) is 14.7. The fourth-order valence-electron chi connectivity index (χ4n) is 9.73. The van der Waals surface area contributed by atoms with Crippen LogP contribution in [0.25, 0.3) is 0 Å². The number of ether oxygens (including phenoxy) is 2. The molecular formula is C66H119NO8. The van der Waals surface area contributed by atoms with Crippen molar-refractivity contribution in [2.75, 3.05) is 13.2 Å². The predicted octanol–water partition coefficient (Wildman–Crippen LogP) is 16.4. The highest BCUT2D eigenvalue weighted by atomic mass is 16.7. The lowest BCUT2D eigenvalue weighted by Gasteiger charge is -2.40. The maximum atomic E-state index is 13.1. The lowest BCUT2D eigenvalue weighted by Crippen LogP contribution is -2.60. The number of carbonyl (C=O) groups is 1. The summed E-state index contributed by atoms with van der Waals surface area (Å²) in [6.07, 6.45) is 69.8. The number of hydrogen-bond acceptors (Lipinski definition) is 8. The fourth-order valence-corrected chi connectivity index (χ4v) is 9.73. The molecule has 0 radical (unpaired) electrons. The van der Waals surface area contributed by atoms with Crippen molar-refractivity contribution >= 4 is 5.91 Å². The van der Waals surface area contributed by atoms with E-state index in [2.05, 4.69) is 79.9 Å². The van der Waals surface area contributed by atoms with Gasteiger partial charge in [-0.2, -0.15) is 0 Å². The highest BCUT2D eigenvalue weighted by molar-refractivity contribution is 5.76. The predicted molar refractivity (Wildman–Crippen MR) is 318 cm³/mol. The van der Waals surface area contributed by atoms with Crippen LogP contribution in [0.5, 0.6) is 0 Å². The largest absolute Gasteiger partial charge is 0.394 e. The van der Waals surface area contributed by atoms with E-state index in [-0.39, 0.29) is 12.5 Å². The second-order valence-corrected chi connectivity index (χ2v) is 21.8. The fraction of sp³-hybridized carbons (Fsp3) is 0.803. The standard InChI is InChI=1S/C66H119NO8/c1-3-5-7-9-11-13-15-17-19-21-23-25-27-28-29-30-31-32-34-36-38-40-42-44-46-48-50-52-54-56-62(70)67-59(58-74-66-65(73)64(72)63(71)61(57-68)75-66)60(69)55-53-51-49-47-45-43-41-39-37-35-33-26-24-22-20-18-16-14-12-10-8-6-4-2/h15,17,21,23,27-28,37,39,45,47,53,55,59-61,63-66,68-69,71-73H,3-14,16,18-20,22,24-26,29-36,38,40-44,46,48-52,54,56-58H2,1-2H3,(H,67,70)/b17-15-,23-21-,28-27-,39-37+,47-45+,55-53+. The minimum absolute atomic E-state index is 0.191. The van der Waals surface area contributed by atoms with Crippen molar-refractivity contribution in [3.8, 4) is 0 Å². The molecule has 75 heavy (non-hydrogen) atoms. The minimum Gasteiger partial charge on any atom is -0.394 e. The molecule has 1 amide bonds. The summed E-state index contributed by atoms with van der Waals surface area (Å²) in [5, 5.41) is 54.6. The molecule has 9 nitrogen and oxygen atoms in total. The topological polar surface area (TPSA) is 149 Å². The molecule has 9 heteroatoms. The van der Waals surface area contributed by atoms with Gasteiger partial charge in [-0.25, -0.2) is 0 Å². The van der Waals surface area contributed by atoms with Crippen LogP contribution in [0, 0.1) is 0 Å². The van der Waals surface area contributed by atoms with E-state index in [4.69, 9.17) is 9.47 Å². The Morgan fingerprint density at radius 2 is 0.800 bits per heavy atom. The number of rotatable bonds is 54. The monoisotopic (exact) mass is 1050 g/mol. The Labute approximate surface area is 461 Å². The van der Waals surface area contributed by atoms with Crippen molar-refractivity contribution in [2.24, 2.45) is 0 Å². The van der Waals surface area contributed by atoms with E-state index in [9.17, 15) is 30.3 Å². The molecule has 0 saturated carbocycles. The van der Waals surface area contributed by atoms with Gasteiger partial charge in [-0.15, -0.1) is 0 Å². The molecule has 0 bridgehead atoms. The summed E-state index contributed by atoms with van der Waals surface area (Å²) in [5.41, 5.74) is 0. The van der Waals surface area contributed by atoms with E-state index < -0.39 is 49.5 Å². The number of unbranched alkanes of at least 4 members (excludes halogenated alkanes) is 34. The van der Waals surface area contributed by atoms with Gasteiger partial charge in [0.25, 0.3) is 0 Å². The number of hydrogen-bond donors (Lipinski definition) is 6. The summed E-state index contributed by atoms with van der Waals surface area (Å²) >= 11 is 0. The molecule has 1 aliphatic rings. The molecule has 6 N–H and O–H groups in total. The van der Waals surface area contributed by atoms with Crippen LogP contribution in [0.3, 0.4) is 0 Å². The summed E-state index contributed by atoms with van der Waals surface area (Å²) < 4.78 is 11.3. The van der Waals surface area contributed by atoms with Crippen molar-refractivity contribution in [3.63, 3.8) is 0 Å². The highest BCUT2D eigenvalue weighted by Gasteiger charge is 2.44. The van der Waals surface area contributed by atoms with Crippen molar-refractivity contribution in [1.82, 2.24) is 5.32 Å². The van der Waals surface area contributed by atoms with E-state index in [0.717, 1.165) is 57.8 Å². The number of amides is 1. The Kier molecular flexibility index (Phi) is 51.8. The van der Waals surface area contributed by atoms with E-state index in [1.54, 1.807) is 6.08 Å². The van der Waals surface area contributed by atoms with Gasteiger partial charge >= 0.3 is 0 Å². The van der Waals surface area contributed by atoms with E-state index >= 15 is 0 Å². The van der Waals surface area contributed by atoms with E-state index in [1.807, 2.05) is 6.08 Å². The number of allylic oxidation sites excluding steroid dienone is 11. The highest BCUT2D eigenvalue weighted by Crippen LogP contribution is 2.23. The molecule has 7 unspecified atom stereocenters. The Morgan fingerprint density at radius 1 is 0.453 bits per heavy atom. The quantitative estimate of drug-likeness (QED) is 0.0261. The number of aliphatic hydroxyl groups is 5. The van der Waals surface area contributed by atoms with E-state index in [0.29, 0.717) is 6.42 Å². The average molecular weight is 1050 g/mol. The molecular weight excluding hydrogens is 935 g/mol. The molecule has 1 rings (SSSR count). The van der Waals surface area contributed by atoms with Crippen LogP contribution in [0.2, 0.25) is 0 Å². The van der Waals surface area contributed by atoms with Crippen LogP contribution in [-0.2, 0) is 14.3 Å². The average Bonchev–Trinajstić information content (AvgIpc) is 3.41. The first-order chi connectivity index (χ1) is 36.8. The molecule has 1 aliphatic heterocycles. The van der Waals surface area contributed by atoms with Crippen LogP contribution in [0.4, 0.5) is 0 Å². The van der Waals surface area contributed by atoms with Crippen LogP contribution in [-0.4, -0.2) is 87.5 Å². The normalized spacial score (nSPS) is 19.4. The Hall–Kier alpha value is -2.37. The van der Waals surface area contributed by atoms with Crippen molar-refractivity contribution in [2.45, 2.75) is 326 Å². The van der Waals surface area contributed by atoms with Gasteiger partial charge in [0.15, 0.2) is 6.29 Å². The van der Waals surface area contributed by atoms with Crippen LogP contribution in [0.15, 0.2) is 72.9 Å². The SMILES string of the molecule is CCCCCCC/C=C\C/C=C\C/C=C\CCCCCCCCCCCCCCCCC(=O)NC(COC1OC(CO)C(O)C(O)C1O)C(O)/C=C/CC/C=C/CC/C=C/CCCCCCCCCCCCCCC. The minimum atomic E-state index is -1.58. The molecule has 0 aromatic rings. The van der Waals surface area contributed by atoms with Gasteiger partial charge in [-0.1, -0.05) is 267 Å². The summed E-state index contributed by atoms with van der Waals surface area (Å²) in [6, 6.07) is -0.833. The molecule has 1 saturated heterocycles.